The van der Waals surface area contributed by atoms with Crippen LogP contribution >= 0.6 is 0 Å². The Morgan fingerprint density at radius 1 is 1.26 bits per heavy atom. The van der Waals surface area contributed by atoms with Gasteiger partial charge < -0.3 is 4.90 Å². The molecule has 0 saturated carbocycles. The Labute approximate surface area is 138 Å². The second-order valence-corrected chi connectivity index (χ2v) is 7.51. The zero-order valence-corrected chi connectivity index (χ0v) is 15.1. The van der Waals surface area contributed by atoms with Crippen LogP contribution in [0.25, 0.3) is 0 Å². The molecule has 0 bridgehead atoms. The zero-order chi connectivity index (χ0) is 17.2. The van der Waals surface area contributed by atoms with Gasteiger partial charge in [0.25, 0.3) is 0 Å². The molecule has 1 aromatic carbocycles. The smallest absolute Gasteiger partial charge is 0.244 e. The molecule has 0 aliphatic heterocycles. The van der Waals surface area contributed by atoms with Gasteiger partial charge in [0.15, 0.2) is 0 Å². The monoisotopic (exact) mass is 336 g/mol. The van der Waals surface area contributed by atoms with Crippen molar-refractivity contribution in [1.29, 1.82) is 0 Å². The number of likely N-dealkylation sites (N-methyl/N-ethyl adjacent to an activating group) is 1. The van der Waals surface area contributed by atoms with Gasteiger partial charge in [0.05, 0.1) is 11.4 Å². The normalized spacial score (nSPS) is 13.1. The third-order valence-electron chi connectivity index (χ3n) is 3.81. The first-order valence-corrected chi connectivity index (χ1v) is 8.99. The second-order valence-electron chi connectivity index (χ2n) is 5.86. The largest absolute Gasteiger partial charge is 0.373 e. The molecule has 0 spiro atoms. The Hall–Kier alpha value is -1.86. The van der Waals surface area contributed by atoms with E-state index in [0.29, 0.717) is 17.9 Å². The van der Waals surface area contributed by atoms with Crippen LogP contribution in [0, 0.1) is 13.8 Å². The van der Waals surface area contributed by atoms with Crippen molar-refractivity contribution in [2.24, 2.45) is 7.05 Å². The van der Waals surface area contributed by atoms with E-state index in [1.165, 1.54) is 0 Å². The van der Waals surface area contributed by atoms with Crippen LogP contribution in [0.4, 0.5) is 5.69 Å². The van der Waals surface area contributed by atoms with Gasteiger partial charge in [-0.15, -0.1) is 0 Å². The summed E-state index contributed by atoms with van der Waals surface area (Å²) < 4.78 is 29.6. The Morgan fingerprint density at radius 2 is 1.87 bits per heavy atom. The summed E-state index contributed by atoms with van der Waals surface area (Å²) in [6, 6.07) is 9.64. The van der Waals surface area contributed by atoms with Crippen molar-refractivity contribution in [1.82, 2.24) is 14.5 Å². The molecule has 2 aromatic rings. The van der Waals surface area contributed by atoms with Gasteiger partial charge in [-0.1, -0.05) is 18.2 Å². The Morgan fingerprint density at radius 3 is 2.39 bits per heavy atom. The lowest BCUT2D eigenvalue weighted by molar-refractivity contribution is 0.558. The number of hydrogen-bond acceptors (Lipinski definition) is 4. The summed E-state index contributed by atoms with van der Waals surface area (Å²) >= 11 is 0. The van der Waals surface area contributed by atoms with Crippen LogP contribution < -0.4 is 9.62 Å². The van der Waals surface area contributed by atoms with E-state index in [-0.39, 0.29) is 10.9 Å². The number of rotatable bonds is 6. The number of hydrogen-bond donors (Lipinski definition) is 1. The van der Waals surface area contributed by atoms with Crippen LogP contribution in [0.2, 0.25) is 0 Å². The van der Waals surface area contributed by atoms with Gasteiger partial charge >= 0.3 is 0 Å². The predicted molar refractivity (Wildman–Crippen MR) is 92.2 cm³/mol. The number of aromatic nitrogens is 2. The maximum atomic E-state index is 12.6. The molecular formula is C16H24N4O2S. The molecule has 1 unspecified atom stereocenters. The predicted octanol–water partition coefficient (Wildman–Crippen LogP) is 1.84. The van der Waals surface area contributed by atoms with Crippen LogP contribution in [0.15, 0.2) is 35.2 Å². The first-order valence-electron chi connectivity index (χ1n) is 7.51. The van der Waals surface area contributed by atoms with Crippen LogP contribution in [0.5, 0.6) is 0 Å². The molecular weight excluding hydrogens is 312 g/mol. The molecule has 1 atom stereocenters. The first kappa shape index (κ1) is 17.5. The van der Waals surface area contributed by atoms with E-state index >= 15 is 0 Å². The van der Waals surface area contributed by atoms with Crippen LogP contribution in [0.1, 0.15) is 18.3 Å². The van der Waals surface area contributed by atoms with Gasteiger partial charge in [-0.05, 0) is 32.9 Å². The van der Waals surface area contributed by atoms with Gasteiger partial charge in [-0.3, -0.25) is 4.68 Å². The summed E-state index contributed by atoms with van der Waals surface area (Å²) in [5.74, 6) is 0. The molecule has 6 nitrogen and oxygen atoms in total. The minimum atomic E-state index is -3.59. The van der Waals surface area contributed by atoms with Gasteiger partial charge in [-0.2, -0.15) is 5.10 Å². The van der Waals surface area contributed by atoms with Crippen molar-refractivity contribution < 1.29 is 8.42 Å². The van der Waals surface area contributed by atoms with Crippen molar-refractivity contribution in [3.63, 3.8) is 0 Å². The standard InChI is InChI=1S/C16H24N4O2S/c1-12(11-19(4)15-9-7-6-8-10-15)18-23(21,22)16-13(2)17-20(5)14(16)3/h6-10,12,18H,11H2,1-5H3. The number of aryl methyl sites for hydroxylation is 2. The van der Waals surface area contributed by atoms with E-state index in [1.807, 2.05) is 49.2 Å². The highest BCUT2D eigenvalue weighted by atomic mass is 32.2. The molecule has 1 aromatic heterocycles. The highest BCUT2D eigenvalue weighted by molar-refractivity contribution is 7.89. The van der Waals surface area contributed by atoms with Gasteiger partial charge in [0, 0.05) is 32.4 Å². The topological polar surface area (TPSA) is 67.2 Å². The van der Waals surface area contributed by atoms with Crippen molar-refractivity contribution in [3.8, 4) is 0 Å². The minimum absolute atomic E-state index is 0.232. The van der Waals surface area contributed by atoms with Crippen molar-refractivity contribution in [3.05, 3.63) is 41.7 Å². The van der Waals surface area contributed by atoms with Crippen LogP contribution in [0.3, 0.4) is 0 Å². The van der Waals surface area contributed by atoms with Gasteiger partial charge in [0.2, 0.25) is 10.0 Å². The van der Waals surface area contributed by atoms with Crippen molar-refractivity contribution in [2.75, 3.05) is 18.5 Å². The Balaban J connectivity index is 2.11. The summed E-state index contributed by atoms with van der Waals surface area (Å²) in [6.45, 7) is 5.90. The second kappa shape index (κ2) is 6.72. The van der Waals surface area contributed by atoms with Gasteiger partial charge in [0.1, 0.15) is 4.90 Å². The summed E-state index contributed by atoms with van der Waals surface area (Å²) in [6.07, 6.45) is 0. The zero-order valence-electron chi connectivity index (χ0n) is 14.2. The highest BCUT2D eigenvalue weighted by Gasteiger charge is 2.25. The van der Waals surface area contributed by atoms with E-state index in [9.17, 15) is 8.42 Å². The third kappa shape index (κ3) is 3.92. The van der Waals surface area contributed by atoms with E-state index in [4.69, 9.17) is 0 Å². The lowest BCUT2D eigenvalue weighted by Crippen LogP contribution is -2.41. The molecule has 23 heavy (non-hydrogen) atoms. The molecule has 1 N–H and O–H groups in total. The number of nitrogens with zero attached hydrogens (tertiary/aromatic N) is 3. The molecule has 0 fully saturated rings. The van der Waals surface area contributed by atoms with E-state index in [0.717, 1.165) is 5.69 Å². The fraction of sp³-hybridized carbons (Fsp3) is 0.438. The average Bonchev–Trinajstić information content (AvgIpc) is 2.72. The molecule has 0 aliphatic rings. The summed E-state index contributed by atoms with van der Waals surface area (Å²) in [5.41, 5.74) is 2.20. The molecule has 0 amide bonds. The molecule has 7 heteroatoms. The number of benzene rings is 1. The first-order chi connectivity index (χ1) is 10.7. The molecule has 1 heterocycles. The fourth-order valence-corrected chi connectivity index (χ4v) is 4.38. The fourth-order valence-electron chi connectivity index (χ4n) is 2.70. The van der Waals surface area contributed by atoms with Crippen LogP contribution in [-0.4, -0.2) is 37.8 Å². The van der Waals surface area contributed by atoms with Crippen molar-refractivity contribution in [2.45, 2.75) is 31.7 Å². The quantitative estimate of drug-likeness (QED) is 0.874. The van der Waals surface area contributed by atoms with Crippen molar-refractivity contribution >= 4 is 15.7 Å². The van der Waals surface area contributed by atoms with Crippen LogP contribution in [-0.2, 0) is 17.1 Å². The van der Waals surface area contributed by atoms with E-state index in [2.05, 4.69) is 9.82 Å². The summed E-state index contributed by atoms with van der Waals surface area (Å²) in [5, 5.41) is 4.18. The SMILES string of the molecule is Cc1nn(C)c(C)c1S(=O)(=O)NC(C)CN(C)c1ccccc1. The highest BCUT2D eigenvalue weighted by Crippen LogP contribution is 2.19. The lowest BCUT2D eigenvalue weighted by atomic mass is 10.2. The maximum absolute atomic E-state index is 12.6. The Bertz CT molecular complexity index is 769. The molecule has 0 aliphatic carbocycles. The Kier molecular flexibility index (Phi) is 5.11. The summed E-state index contributed by atoms with van der Waals surface area (Å²) in [4.78, 5) is 2.30. The minimum Gasteiger partial charge on any atom is -0.373 e. The number of anilines is 1. The number of nitrogens with one attached hydrogen (secondary N) is 1. The maximum Gasteiger partial charge on any atom is 0.244 e. The van der Waals surface area contributed by atoms with E-state index < -0.39 is 10.0 Å². The van der Waals surface area contributed by atoms with E-state index in [1.54, 1.807) is 25.6 Å². The number of sulfonamides is 1. The number of para-hydroxylation sites is 1. The van der Waals surface area contributed by atoms with Gasteiger partial charge in [-0.25, -0.2) is 13.1 Å². The average molecular weight is 336 g/mol. The molecule has 0 saturated heterocycles. The molecule has 2 rings (SSSR count). The summed E-state index contributed by atoms with van der Waals surface area (Å²) in [7, 11) is 0.101. The lowest BCUT2D eigenvalue weighted by Gasteiger charge is -2.24. The molecule has 0 radical (unpaired) electrons. The molecule has 126 valence electrons. The third-order valence-corrected chi connectivity index (χ3v) is 5.65.